The van der Waals surface area contributed by atoms with E-state index in [4.69, 9.17) is 48.9 Å². The molecule has 0 aromatic heterocycles. The molecule has 0 bridgehead atoms. The summed E-state index contributed by atoms with van der Waals surface area (Å²) in [5.41, 5.74) is 5.25. The minimum absolute atomic E-state index is 0.845. The van der Waals surface area contributed by atoms with Crippen molar-refractivity contribution in [2.75, 3.05) is 0 Å². The van der Waals surface area contributed by atoms with Gasteiger partial charge >= 0.3 is 0 Å². The van der Waals surface area contributed by atoms with E-state index < -0.39 is 16.1 Å². The van der Waals surface area contributed by atoms with Gasteiger partial charge in [0.25, 0.3) is 0 Å². The molecule has 7 heteroatoms. The highest BCUT2D eigenvalue weighted by atomic mass is 32.1. The third kappa shape index (κ3) is 6.62. The van der Waals surface area contributed by atoms with Crippen molar-refractivity contribution in [1.82, 2.24) is 4.86 Å². The van der Waals surface area contributed by atoms with Crippen molar-refractivity contribution in [3.63, 3.8) is 0 Å². The first-order chi connectivity index (χ1) is 18.9. The molecule has 0 aromatic rings. The van der Waals surface area contributed by atoms with Crippen LogP contribution in [0.4, 0.5) is 0 Å². The molecular weight excluding hydrogens is 589 g/mol. The van der Waals surface area contributed by atoms with E-state index in [1.807, 2.05) is 0 Å². The lowest BCUT2D eigenvalue weighted by atomic mass is 10.0. The fourth-order valence-electron chi connectivity index (χ4n) is 5.50. The van der Waals surface area contributed by atoms with E-state index in [0.717, 1.165) is 70.8 Å². The zero-order valence-electron chi connectivity index (χ0n) is 23.3. The molecule has 0 atom stereocenters. The lowest BCUT2D eigenvalue weighted by molar-refractivity contribution is 1.14. The van der Waals surface area contributed by atoms with Gasteiger partial charge in [0.2, 0.25) is 0 Å². The fraction of sp³-hybridized carbons (Fsp3) is 0.375. The molecule has 0 heterocycles. The summed E-state index contributed by atoms with van der Waals surface area (Å²) >= 11 is 23.7. The summed E-state index contributed by atoms with van der Waals surface area (Å²) in [6, 6.07) is 0. The van der Waals surface area contributed by atoms with Crippen LogP contribution in [0.15, 0.2) is 92.2 Å². The third-order valence-electron chi connectivity index (χ3n) is 7.48. The molecule has 0 amide bonds. The molecule has 1 nitrogen and oxygen atoms in total. The first-order valence-electron chi connectivity index (χ1n) is 13.9. The monoisotopic (exact) mass is 625 g/mol. The van der Waals surface area contributed by atoms with Gasteiger partial charge in [-0.05, 0) is 69.2 Å². The molecule has 0 aliphatic heterocycles. The van der Waals surface area contributed by atoms with Gasteiger partial charge < -0.3 is 0 Å². The lowest BCUT2D eigenvalue weighted by Crippen LogP contribution is -2.17. The summed E-state index contributed by atoms with van der Waals surface area (Å²) in [6.07, 6.45) is 25.4. The van der Waals surface area contributed by atoms with Crippen molar-refractivity contribution < 1.29 is 0 Å². The standard InChI is InChI=1S/C32H37NP2S4/c1-5-21-25(13-9-17-29(21)36)34(26-14-10-18-30(37)22(26)6-2)33-35(27-15-11-19-31(38)23(27)7-3)28-16-12-20-32(39)24(28)8-4/h9-16,33H,5-8,17-20H2,1-4H3. The topological polar surface area (TPSA) is 12.0 Å². The molecule has 0 radical (unpaired) electrons. The van der Waals surface area contributed by atoms with Crippen LogP contribution in [0, 0.1) is 0 Å². The second-order valence-electron chi connectivity index (χ2n) is 9.76. The van der Waals surface area contributed by atoms with Gasteiger partial charge in [-0.2, -0.15) is 0 Å². The van der Waals surface area contributed by atoms with Crippen LogP contribution < -0.4 is 4.86 Å². The quantitative estimate of drug-likeness (QED) is 0.191. The van der Waals surface area contributed by atoms with Gasteiger partial charge in [0.15, 0.2) is 0 Å². The van der Waals surface area contributed by atoms with Crippen LogP contribution in [0.1, 0.15) is 79.1 Å². The maximum atomic E-state index is 5.92. The van der Waals surface area contributed by atoms with Gasteiger partial charge in [-0.15, -0.1) is 0 Å². The Bertz CT molecular complexity index is 1150. The van der Waals surface area contributed by atoms with Gasteiger partial charge in [0.05, 0.1) is 0 Å². The Hall–Kier alpha value is -0.900. The molecule has 39 heavy (non-hydrogen) atoms. The minimum atomic E-state index is -0.939. The van der Waals surface area contributed by atoms with E-state index in [9.17, 15) is 0 Å². The average molecular weight is 626 g/mol. The zero-order valence-corrected chi connectivity index (χ0v) is 28.4. The summed E-state index contributed by atoms with van der Waals surface area (Å²) in [5, 5.41) is 5.37. The Morgan fingerprint density at radius 1 is 0.487 bits per heavy atom. The van der Waals surface area contributed by atoms with Crippen LogP contribution >= 0.6 is 65.0 Å². The van der Waals surface area contributed by atoms with E-state index in [-0.39, 0.29) is 0 Å². The Labute approximate surface area is 259 Å². The van der Waals surface area contributed by atoms with Crippen molar-refractivity contribution >= 4 is 84.5 Å². The van der Waals surface area contributed by atoms with Crippen LogP contribution in [0.2, 0.25) is 0 Å². The number of hydrogen-bond donors (Lipinski definition) is 1. The first kappa shape index (κ1) is 31.0. The van der Waals surface area contributed by atoms with E-state index in [0.29, 0.717) is 0 Å². The predicted molar refractivity (Wildman–Crippen MR) is 192 cm³/mol. The van der Waals surface area contributed by atoms with Gasteiger partial charge in [-0.3, -0.25) is 4.86 Å². The van der Waals surface area contributed by atoms with E-state index in [2.05, 4.69) is 81.2 Å². The average Bonchev–Trinajstić information content (AvgIpc) is 2.93. The van der Waals surface area contributed by atoms with Crippen LogP contribution in [-0.4, -0.2) is 19.5 Å². The summed E-state index contributed by atoms with van der Waals surface area (Å²) in [4.78, 5) is 8.58. The van der Waals surface area contributed by atoms with Crippen LogP contribution in [-0.2, 0) is 0 Å². The van der Waals surface area contributed by atoms with Crippen molar-refractivity contribution in [3.05, 3.63) is 92.2 Å². The fourth-order valence-corrected chi connectivity index (χ4v) is 13.5. The molecular formula is C32H37NP2S4. The second kappa shape index (κ2) is 14.3. The van der Waals surface area contributed by atoms with Crippen LogP contribution in [0.3, 0.4) is 0 Å². The normalized spacial score (nSPS) is 20.3. The van der Waals surface area contributed by atoms with Gasteiger partial charge in [-0.25, -0.2) is 0 Å². The molecule has 0 aromatic carbocycles. The number of hydrogen-bond acceptors (Lipinski definition) is 5. The summed E-state index contributed by atoms with van der Waals surface area (Å²) in [5.74, 6) is 0. The minimum Gasteiger partial charge on any atom is -0.259 e. The number of nitrogens with one attached hydrogen (secondary N) is 1. The Kier molecular flexibility index (Phi) is 11.4. The van der Waals surface area contributed by atoms with Gasteiger partial charge in [0.1, 0.15) is 0 Å². The van der Waals surface area contributed by atoms with Crippen molar-refractivity contribution in [3.8, 4) is 0 Å². The zero-order chi connectivity index (χ0) is 28.1. The summed E-state index contributed by atoms with van der Waals surface area (Å²) in [7, 11) is -1.88. The van der Waals surface area contributed by atoms with Crippen molar-refractivity contribution in [1.29, 1.82) is 0 Å². The molecule has 1 N–H and O–H groups in total. The molecule has 204 valence electrons. The highest BCUT2D eigenvalue weighted by Gasteiger charge is 2.33. The van der Waals surface area contributed by atoms with Crippen LogP contribution in [0.25, 0.3) is 0 Å². The highest BCUT2D eigenvalue weighted by molar-refractivity contribution is 7.83. The molecule has 4 rings (SSSR count). The smallest absolute Gasteiger partial charge is 0.0301 e. The van der Waals surface area contributed by atoms with Crippen molar-refractivity contribution in [2.24, 2.45) is 0 Å². The number of thiocarbonyl (C=S) groups is 4. The highest BCUT2D eigenvalue weighted by Crippen LogP contribution is 2.66. The SMILES string of the molecule is CCC1=C(P(NP(C2=C(CC)C(=S)CC=C2)C2=C(CC)C(=S)CC=C2)C2=C(CC)C(=S)CC=C2)C=CCC1=S. The number of allylic oxidation sites excluding steroid dienone is 16. The Morgan fingerprint density at radius 3 is 0.923 bits per heavy atom. The lowest BCUT2D eigenvalue weighted by Gasteiger charge is -2.36. The molecule has 0 fully saturated rings. The summed E-state index contributed by atoms with van der Waals surface area (Å²) < 4.78 is 0. The predicted octanol–water partition coefficient (Wildman–Crippen LogP) is 11.3. The first-order valence-corrected chi connectivity index (χ1v) is 18.3. The molecule has 4 aliphatic carbocycles. The maximum absolute atomic E-state index is 5.92. The van der Waals surface area contributed by atoms with Crippen molar-refractivity contribution in [2.45, 2.75) is 79.1 Å². The molecule has 0 spiro atoms. The van der Waals surface area contributed by atoms with E-state index >= 15 is 0 Å². The molecule has 4 aliphatic rings. The maximum Gasteiger partial charge on any atom is 0.0301 e. The largest absolute Gasteiger partial charge is 0.259 e. The van der Waals surface area contributed by atoms with E-state index in [1.165, 1.54) is 43.5 Å². The van der Waals surface area contributed by atoms with Gasteiger partial charge in [-0.1, -0.05) is 125 Å². The molecule has 0 saturated heterocycles. The molecule has 0 saturated carbocycles. The third-order valence-corrected chi connectivity index (χ3v) is 14.3. The summed E-state index contributed by atoms with van der Waals surface area (Å²) in [6.45, 7) is 8.92. The Balaban J connectivity index is 2.00. The second-order valence-corrected chi connectivity index (χ2v) is 15.8. The molecule has 0 unspecified atom stereocenters. The van der Waals surface area contributed by atoms with E-state index in [1.54, 1.807) is 0 Å². The Morgan fingerprint density at radius 2 is 0.718 bits per heavy atom. The van der Waals surface area contributed by atoms with Crippen LogP contribution in [0.5, 0.6) is 0 Å². The van der Waals surface area contributed by atoms with Gasteiger partial charge in [0, 0.05) is 61.3 Å². The number of rotatable bonds is 10.